The van der Waals surface area contributed by atoms with Gasteiger partial charge in [-0.2, -0.15) is 0 Å². The molecule has 0 aromatic rings. The van der Waals surface area contributed by atoms with Crippen LogP contribution in [0.25, 0.3) is 0 Å². The maximum absolute atomic E-state index is 11.8. The van der Waals surface area contributed by atoms with E-state index in [0.29, 0.717) is 6.61 Å². The van der Waals surface area contributed by atoms with Gasteiger partial charge in [0.25, 0.3) is 0 Å². The Morgan fingerprint density at radius 1 is 0.636 bits per heavy atom. The van der Waals surface area contributed by atoms with Crippen molar-refractivity contribution < 1.29 is 18.5 Å². The molecule has 0 saturated carbocycles. The zero-order valence-electron chi connectivity index (χ0n) is 22.3. The number of rotatable bonds is 26. The van der Waals surface area contributed by atoms with Crippen LogP contribution >= 0.6 is 7.82 Å². The summed E-state index contributed by atoms with van der Waals surface area (Å²) < 4.78 is 21.8. The summed E-state index contributed by atoms with van der Waals surface area (Å²) in [5.74, 6) is 0. The third-order valence-electron chi connectivity index (χ3n) is 5.91. The van der Waals surface area contributed by atoms with Gasteiger partial charge in [0.15, 0.2) is 0 Å². The molecule has 0 spiro atoms. The molecule has 0 aromatic carbocycles. The Bertz CT molecular complexity index is 471. The van der Waals surface area contributed by atoms with Gasteiger partial charge >= 0.3 is 7.82 Å². The standard InChI is InChI=1S/C27H56NO4P/c1-4-5-6-7-8-9-10-11-12-13-14-15-16-17-18-19-20-21-22-23-26-31-33(29,30)32-27-24-25-28(2)3/h11-12H,4-10,13-27H2,1-3H3,(H,29,30)/b12-11-. The fourth-order valence-electron chi connectivity index (χ4n) is 3.83. The average Bonchev–Trinajstić information content (AvgIpc) is 2.77. The minimum Gasteiger partial charge on any atom is -0.309 e. The molecule has 1 unspecified atom stereocenters. The molecule has 0 amide bonds. The lowest BCUT2D eigenvalue weighted by Gasteiger charge is -2.13. The summed E-state index contributed by atoms with van der Waals surface area (Å²) in [6.07, 6.45) is 28.7. The number of phosphoric ester groups is 1. The first-order chi connectivity index (χ1) is 16.0. The topological polar surface area (TPSA) is 59.0 Å². The highest BCUT2D eigenvalue weighted by atomic mass is 31.2. The van der Waals surface area contributed by atoms with Crippen LogP contribution in [-0.4, -0.2) is 43.6 Å². The number of allylic oxidation sites excluding steroid dienone is 2. The lowest BCUT2D eigenvalue weighted by atomic mass is 10.1. The van der Waals surface area contributed by atoms with Crippen molar-refractivity contribution in [1.82, 2.24) is 4.90 Å². The van der Waals surface area contributed by atoms with Gasteiger partial charge in [0, 0.05) is 0 Å². The molecule has 0 radical (unpaired) electrons. The maximum atomic E-state index is 11.8. The third-order valence-corrected chi connectivity index (χ3v) is 6.93. The SMILES string of the molecule is CCCCCCCC/C=C\CCCCCCCCCCCCOP(=O)(O)OCCCN(C)C. The van der Waals surface area contributed by atoms with Crippen molar-refractivity contribution in [2.75, 3.05) is 33.9 Å². The Labute approximate surface area is 206 Å². The maximum Gasteiger partial charge on any atom is 0.472 e. The van der Waals surface area contributed by atoms with Gasteiger partial charge in [-0.15, -0.1) is 0 Å². The van der Waals surface area contributed by atoms with Crippen LogP contribution in [0, 0.1) is 0 Å². The Kier molecular flexibility index (Phi) is 24.8. The molecule has 0 fully saturated rings. The van der Waals surface area contributed by atoms with E-state index in [2.05, 4.69) is 19.1 Å². The molecule has 0 bridgehead atoms. The average molecular weight is 490 g/mol. The highest BCUT2D eigenvalue weighted by Crippen LogP contribution is 2.43. The van der Waals surface area contributed by atoms with Crippen LogP contribution in [0.1, 0.15) is 129 Å². The summed E-state index contributed by atoms with van der Waals surface area (Å²) in [7, 11) is 0.0601. The van der Waals surface area contributed by atoms with Crippen molar-refractivity contribution in [3.05, 3.63) is 12.2 Å². The first kappa shape index (κ1) is 32.8. The number of hydrogen-bond donors (Lipinski definition) is 1. The van der Waals surface area contributed by atoms with E-state index in [0.717, 1.165) is 25.8 Å². The summed E-state index contributed by atoms with van der Waals surface area (Å²) in [4.78, 5) is 11.6. The minimum atomic E-state index is -3.87. The van der Waals surface area contributed by atoms with Gasteiger partial charge in [0.2, 0.25) is 0 Å². The van der Waals surface area contributed by atoms with E-state index in [-0.39, 0.29) is 6.61 Å². The number of nitrogens with zero attached hydrogens (tertiary/aromatic N) is 1. The molecule has 6 heteroatoms. The normalized spacial score (nSPS) is 13.8. The summed E-state index contributed by atoms with van der Waals surface area (Å²) in [6.45, 7) is 3.66. The molecule has 1 N–H and O–H groups in total. The van der Waals surface area contributed by atoms with Gasteiger partial charge in [-0.25, -0.2) is 4.57 Å². The Morgan fingerprint density at radius 3 is 1.48 bits per heavy atom. The quantitative estimate of drug-likeness (QED) is 0.0748. The highest BCUT2D eigenvalue weighted by Gasteiger charge is 2.19. The van der Waals surface area contributed by atoms with Gasteiger partial charge in [0.1, 0.15) is 0 Å². The molecule has 0 rings (SSSR count). The van der Waals surface area contributed by atoms with Crippen LogP contribution in [0.2, 0.25) is 0 Å². The summed E-state index contributed by atoms with van der Waals surface area (Å²) in [5, 5.41) is 0. The molecule has 1 atom stereocenters. The van der Waals surface area contributed by atoms with Crippen LogP contribution in [0.15, 0.2) is 12.2 Å². The van der Waals surface area contributed by atoms with E-state index >= 15 is 0 Å². The van der Waals surface area contributed by atoms with Crippen molar-refractivity contribution in [1.29, 1.82) is 0 Å². The molecule has 33 heavy (non-hydrogen) atoms. The van der Waals surface area contributed by atoms with Gasteiger partial charge in [-0.3, -0.25) is 9.05 Å². The monoisotopic (exact) mass is 489 g/mol. The second-order valence-corrected chi connectivity index (χ2v) is 11.1. The Morgan fingerprint density at radius 2 is 1.03 bits per heavy atom. The van der Waals surface area contributed by atoms with E-state index in [9.17, 15) is 9.46 Å². The van der Waals surface area contributed by atoms with Crippen LogP contribution in [0.5, 0.6) is 0 Å². The number of phosphoric acid groups is 1. The van der Waals surface area contributed by atoms with Crippen molar-refractivity contribution in [2.24, 2.45) is 0 Å². The minimum absolute atomic E-state index is 0.252. The molecule has 0 aromatic heterocycles. The smallest absolute Gasteiger partial charge is 0.309 e. The summed E-state index contributed by atoms with van der Waals surface area (Å²) in [5.41, 5.74) is 0. The zero-order chi connectivity index (χ0) is 24.5. The summed E-state index contributed by atoms with van der Waals surface area (Å²) >= 11 is 0. The van der Waals surface area contributed by atoms with E-state index in [4.69, 9.17) is 9.05 Å². The van der Waals surface area contributed by atoms with Crippen LogP contribution in [0.4, 0.5) is 0 Å². The lowest BCUT2D eigenvalue weighted by molar-refractivity contribution is 0.143. The Hall–Kier alpha value is -0.190. The Balaban J connectivity index is 3.26. The predicted octanol–water partition coefficient (Wildman–Crippen LogP) is 8.67. The molecule has 0 saturated heterocycles. The summed E-state index contributed by atoms with van der Waals surface area (Å²) in [6, 6.07) is 0. The first-order valence-corrected chi connectivity index (χ1v) is 15.4. The van der Waals surface area contributed by atoms with Crippen LogP contribution < -0.4 is 0 Å². The highest BCUT2D eigenvalue weighted by molar-refractivity contribution is 7.47. The molecular formula is C27H56NO4P. The molecule has 0 aliphatic carbocycles. The number of unbranched alkanes of at least 4 members (excludes halogenated alkanes) is 16. The van der Waals surface area contributed by atoms with E-state index in [1.54, 1.807) is 0 Å². The molecular weight excluding hydrogens is 433 g/mol. The largest absolute Gasteiger partial charge is 0.472 e. The van der Waals surface area contributed by atoms with Gasteiger partial charge in [-0.05, 0) is 59.2 Å². The van der Waals surface area contributed by atoms with Crippen molar-refractivity contribution >= 4 is 7.82 Å². The second-order valence-electron chi connectivity index (χ2n) is 9.64. The number of hydrogen-bond acceptors (Lipinski definition) is 4. The zero-order valence-corrected chi connectivity index (χ0v) is 23.2. The molecule has 0 aliphatic heterocycles. The van der Waals surface area contributed by atoms with Gasteiger partial charge in [-0.1, -0.05) is 103 Å². The van der Waals surface area contributed by atoms with Crippen molar-refractivity contribution in [2.45, 2.75) is 129 Å². The molecule has 0 aliphatic rings. The predicted molar refractivity (Wildman–Crippen MR) is 143 cm³/mol. The van der Waals surface area contributed by atoms with E-state index in [1.807, 2.05) is 19.0 Å². The van der Waals surface area contributed by atoms with Crippen LogP contribution in [0.3, 0.4) is 0 Å². The first-order valence-electron chi connectivity index (χ1n) is 13.9. The van der Waals surface area contributed by atoms with Gasteiger partial charge < -0.3 is 9.79 Å². The second kappa shape index (κ2) is 24.9. The van der Waals surface area contributed by atoms with E-state index < -0.39 is 7.82 Å². The molecule has 198 valence electrons. The van der Waals surface area contributed by atoms with E-state index in [1.165, 1.54) is 103 Å². The fourth-order valence-corrected chi connectivity index (χ4v) is 4.63. The van der Waals surface area contributed by atoms with Gasteiger partial charge in [0.05, 0.1) is 13.2 Å². The fraction of sp³-hybridized carbons (Fsp3) is 0.926. The molecule has 5 nitrogen and oxygen atoms in total. The van der Waals surface area contributed by atoms with Crippen LogP contribution in [-0.2, 0) is 13.6 Å². The van der Waals surface area contributed by atoms with Crippen molar-refractivity contribution in [3.63, 3.8) is 0 Å². The van der Waals surface area contributed by atoms with Crippen molar-refractivity contribution in [3.8, 4) is 0 Å². The lowest BCUT2D eigenvalue weighted by Crippen LogP contribution is -2.14. The third kappa shape index (κ3) is 27.9. The molecule has 0 heterocycles.